The van der Waals surface area contributed by atoms with E-state index in [4.69, 9.17) is 8.22 Å². The van der Waals surface area contributed by atoms with Gasteiger partial charge in [0.05, 0.1) is 0 Å². The van der Waals surface area contributed by atoms with E-state index in [1.165, 1.54) is 0 Å². The Morgan fingerprint density at radius 2 is 1.41 bits per heavy atom. The summed E-state index contributed by atoms with van der Waals surface area (Å²) in [4.78, 5) is 1.97. The first-order valence-corrected chi connectivity index (χ1v) is 11.8. The minimum atomic E-state index is -2.46. The predicted octanol–water partition coefficient (Wildman–Crippen LogP) is 9.21. The standard InChI is InChI=1S/C33H35N/c1-22-20-21-27-26-16-11-12-18-28(26)33(6,7)30(27)31(22)34(32(3,4)5)29-19-13-17-25(23(29)2)24-14-9-8-10-15-24/h8-21H,1-7H3/i1D3,2D3. The van der Waals surface area contributed by atoms with Gasteiger partial charge in [-0.3, -0.25) is 0 Å². The molecule has 34 heavy (non-hydrogen) atoms. The molecule has 0 N–H and O–H groups in total. The normalized spacial score (nSPS) is 17.3. The molecule has 1 aliphatic carbocycles. The first kappa shape index (κ1) is 16.3. The fraction of sp³-hybridized carbons (Fsp3) is 0.273. The van der Waals surface area contributed by atoms with Gasteiger partial charge in [-0.2, -0.15) is 0 Å². The summed E-state index contributed by atoms with van der Waals surface area (Å²) in [6, 6.07) is 26.8. The molecule has 172 valence electrons. The Balaban J connectivity index is 1.94. The molecule has 0 saturated heterocycles. The molecular weight excluding hydrogens is 410 g/mol. The smallest absolute Gasteiger partial charge is 0.0493 e. The molecule has 0 radical (unpaired) electrons. The fourth-order valence-corrected chi connectivity index (χ4v) is 5.48. The summed E-state index contributed by atoms with van der Waals surface area (Å²) < 4.78 is 51.7. The highest BCUT2D eigenvalue weighted by Crippen LogP contribution is 2.55. The van der Waals surface area contributed by atoms with Gasteiger partial charge in [0.1, 0.15) is 0 Å². The summed E-state index contributed by atoms with van der Waals surface area (Å²) >= 11 is 0. The Morgan fingerprint density at radius 1 is 0.706 bits per heavy atom. The van der Waals surface area contributed by atoms with Crippen LogP contribution in [0.2, 0.25) is 0 Å². The van der Waals surface area contributed by atoms with Crippen molar-refractivity contribution in [2.75, 3.05) is 4.90 Å². The summed E-state index contributed by atoms with van der Waals surface area (Å²) in [6.45, 7) is 5.38. The zero-order valence-electron chi connectivity index (χ0n) is 26.5. The molecule has 1 heteroatoms. The second-order valence-electron chi connectivity index (χ2n) is 10.6. The van der Waals surface area contributed by atoms with Crippen molar-refractivity contribution < 1.29 is 8.22 Å². The van der Waals surface area contributed by atoms with Crippen LogP contribution >= 0.6 is 0 Å². The van der Waals surface area contributed by atoms with Crippen molar-refractivity contribution in [2.45, 2.75) is 59.3 Å². The first-order chi connectivity index (χ1) is 18.5. The highest BCUT2D eigenvalue weighted by atomic mass is 15.2. The summed E-state index contributed by atoms with van der Waals surface area (Å²) in [5.41, 5.74) is 5.76. The molecule has 4 aromatic rings. The molecule has 0 amide bonds. The number of anilines is 2. The molecule has 0 heterocycles. The molecule has 5 rings (SSSR count). The lowest BCUT2D eigenvalue weighted by atomic mass is 9.79. The Kier molecular flexibility index (Phi) is 3.78. The van der Waals surface area contributed by atoms with Crippen molar-refractivity contribution in [1.29, 1.82) is 0 Å². The minimum absolute atomic E-state index is 0.207. The van der Waals surface area contributed by atoms with E-state index in [1.54, 1.807) is 6.07 Å². The molecule has 0 saturated carbocycles. The van der Waals surface area contributed by atoms with Gasteiger partial charge in [-0.15, -0.1) is 0 Å². The Hall–Kier alpha value is -3.32. The highest BCUT2D eigenvalue weighted by Gasteiger charge is 2.41. The van der Waals surface area contributed by atoms with Gasteiger partial charge in [0, 0.05) is 30.6 Å². The topological polar surface area (TPSA) is 3.24 Å². The van der Waals surface area contributed by atoms with Gasteiger partial charge < -0.3 is 4.90 Å². The lowest BCUT2D eigenvalue weighted by Gasteiger charge is -2.43. The molecule has 0 aliphatic heterocycles. The van der Waals surface area contributed by atoms with Crippen LogP contribution in [0.5, 0.6) is 0 Å². The SMILES string of the molecule is [2H]C([2H])([2H])c1ccc2c(c1N(c1cccc(-c3ccccc3)c1C([2H])([2H])[2H])C(C)(C)C)C(C)(C)c1ccccc1-2. The zero-order chi connectivity index (χ0) is 29.3. The van der Waals surface area contributed by atoms with Gasteiger partial charge in [0.25, 0.3) is 0 Å². The van der Waals surface area contributed by atoms with Crippen molar-refractivity contribution in [2.24, 2.45) is 0 Å². The van der Waals surface area contributed by atoms with Crippen molar-refractivity contribution >= 4 is 11.4 Å². The van der Waals surface area contributed by atoms with E-state index < -0.39 is 24.7 Å². The predicted molar refractivity (Wildman–Crippen MR) is 147 cm³/mol. The van der Waals surface area contributed by atoms with Crippen LogP contribution in [0.3, 0.4) is 0 Å². The van der Waals surface area contributed by atoms with E-state index in [0.29, 0.717) is 16.9 Å². The number of fused-ring (bicyclic) bond motifs is 3. The molecule has 1 nitrogen and oxygen atoms in total. The maximum atomic E-state index is 8.67. The average molecular weight is 452 g/mol. The van der Waals surface area contributed by atoms with E-state index in [2.05, 4.69) is 26.0 Å². The second-order valence-corrected chi connectivity index (χ2v) is 10.6. The summed E-state index contributed by atoms with van der Waals surface area (Å²) in [7, 11) is 0. The second kappa shape index (κ2) is 7.87. The van der Waals surface area contributed by atoms with Crippen LogP contribution in [0.4, 0.5) is 11.4 Å². The maximum absolute atomic E-state index is 8.67. The maximum Gasteiger partial charge on any atom is 0.0493 e. The molecule has 0 spiro atoms. The van der Waals surface area contributed by atoms with Crippen LogP contribution in [0.15, 0.2) is 84.9 Å². The first-order valence-electron chi connectivity index (χ1n) is 14.8. The van der Waals surface area contributed by atoms with Crippen LogP contribution in [-0.4, -0.2) is 5.54 Å². The van der Waals surface area contributed by atoms with E-state index in [0.717, 1.165) is 27.8 Å². The third-order valence-electron chi connectivity index (χ3n) is 6.96. The van der Waals surface area contributed by atoms with Crippen molar-refractivity contribution in [3.05, 3.63) is 107 Å². The number of rotatable bonds is 3. The van der Waals surface area contributed by atoms with E-state index in [9.17, 15) is 0 Å². The molecule has 0 unspecified atom stereocenters. The average Bonchev–Trinajstić information content (AvgIpc) is 3.10. The summed E-state index contributed by atoms with van der Waals surface area (Å²) in [5.74, 6) is 0. The highest BCUT2D eigenvalue weighted by molar-refractivity contribution is 5.90. The number of aryl methyl sites for hydroxylation is 1. The van der Waals surface area contributed by atoms with Gasteiger partial charge in [-0.1, -0.05) is 92.7 Å². The van der Waals surface area contributed by atoms with Crippen molar-refractivity contribution in [3.8, 4) is 22.3 Å². The van der Waals surface area contributed by atoms with Gasteiger partial charge in [-0.25, -0.2) is 0 Å². The number of hydrogen-bond acceptors (Lipinski definition) is 1. The van der Waals surface area contributed by atoms with Crippen LogP contribution in [0.25, 0.3) is 22.3 Å². The van der Waals surface area contributed by atoms with Gasteiger partial charge in [0.15, 0.2) is 0 Å². The van der Waals surface area contributed by atoms with Crippen LogP contribution in [0, 0.1) is 13.7 Å². The molecular formula is C33H35N. The number of benzene rings is 4. The molecule has 0 bridgehead atoms. The minimum Gasteiger partial charge on any atom is -0.335 e. The largest absolute Gasteiger partial charge is 0.335 e. The lowest BCUT2D eigenvalue weighted by Crippen LogP contribution is -2.40. The number of hydrogen-bond donors (Lipinski definition) is 0. The van der Waals surface area contributed by atoms with E-state index in [-0.39, 0.29) is 11.1 Å². The Labute approximate surface area is 213 Å². The quantitative estimate of drug-likeness (QED) is 0.300. The monoisotopic (exact) mass is 451 g/mol. The third-order valence-corrected chi connectivity index (χ3v) is 6.96. The van der Waals surface area contributed by atoms with Gasteiger partial charge >= 0.3 is 0 Å². The molecule has 0 fully saturated rings. The molecule has 4 aromatic carbocycles. The molecule has 0 atom stereocenters. The third kappa shape index (κ3) is 3.38. The van der Waals surface area contributed by atoms with E-state index in [1.807, 2.05) is 92.4 Å². The van der Waals surface area contributed by atoms with Crippen LogP contribution < -0.4 is 4.90 Å². The fourth-order valence-electron chi connectivity index (χ4n) is 5.48. The molecule has 0 aromatic heterocycles. The zero-order valence-corrected chi connectivity index (χ0v) is 20.5. The lowest BCUT2D eigenvalue weighted by molar-refractivity contribution is 0.551. The number of nitrogens with zero attached hydrogens (tertiary/aromatic N) is 1. The van der Waals surface area contributed by atoms with Gasteiger partial charge in [0.2, 0.25) is 0 Å². The Morgan fingerprint density at radius 3 is 2.12 bits per heavy atom. The van der Waals surface area contributed by atoms with Crippen molar-refractivity contribution in [3.63, 3.8) is 0 Å². The van der Waals surface area contributed by atoms with Crippen LogP contribution in [0.1, 0.15) is 65.1 Å². The Bertz CT molecular complexity index is 1570. The summed E-state index contributed by atoms with van der Waals surface area (Å²) in [6.07, 6.45) is 0. The van der Waals surface area contributed by atoms with E-state index >= 15 is 0 Å². The van der Waals surface area contributed by atoms with Crippen molar-refractivity contribution in [1.82, 2.24) is 0 Å². The van der Waals surface area contributed by atoms with Crippen LogP contribution in [-0.2, 0) is 5.41 Å². The van der Waals surface area contributed by atoms with Gasteiger partial charge in [-0.05, 0) is 85.0 Å². The summed E-state index contributed by atoms with van der Waals surface area (Å²) in [5, 5.41) is 0. The molecule has 1 aliphatic rings.